The highest BCUT2D eigenvalue weighted by Crippen LogP contribution is 2.36. The van der Waals surface area contributed by atoms with Crippen molar-refractivity contribution >= 4 is 54.8 Å². The van der Waals surface area contributed by atoms with Gasteiger partial charge in [0.15, 0.2) is 0 Å². The molecule has 0 saturated heterocycles. The van der Waals surface area contributed by atoms with Crippen molar-refractivity contribution in [1.29, 1.82) is 0 Å². The number of methoxy groups -OCH3 is 1. The molecule has 0 bridgehead atoms. The number of hydrogen-bond acceptors (Lipinski definition) is 2. The summed E-state index contributed by atoms with van der Waals surface area (Å²) in [5.74, 6) is 0.809. The van der Waals surface area contributed by atoms with Crippen LogP contribution in [0.5, 0.6) is 5.75 Å². The predicted octanol–water partition coefficient (Wildman–Crippen LogP) is 5.61. The Morgan fingerprint density at radius 3 is 2.53 bits per heavy atom. The highest BCUT2D eigenvalue weighted by atomic mass is 79.9. The van der Waals surface area contributed by atoms with Crippen molar-refractivity contribution < 1.29 is 4.74 Å². The lowest BCUT2D eigenvalue weighted by Crippen LogP contribution is -1.92. The van der Waals surface area contributed by atoms with Gasteiger partial charge in [0.1, 0.15) is 5.75 Å². The van der Waals surface area contributed by atoms with Crippen LogP contribution in [0.25, 0.3) is 0 Å². The molecule has 1 aromatic heterocycles. The van der Waals surface area contributed by atoms with Crippen molar-refractivity contribution in [3.05, 3.63) is 49.0 Å². The number of halogens is 3. The first kappa shape index (κ1) is 13.4. The summed E-state index contributed by atoms with van der Waals surface area (Å²) >= 11 is 15.0. The van der Waals surface area contributed by atoms with Gasteiger partial charge in [0.25, 0.3) is 0 Å². The van der Waals surface area contributed by atoms with Crippen LogP contribution in [0.15, 0.2) is 37.9 Å². The third-order valence-corrected chi connectivity index (χ3v) is 5.00. The van der Waals surface area contributed by atoms with Gasteiger partial charge in [-0.1, -0.05) is 6.07 Å². The van der Waals surface area contributed by atoms with Gasteiger partial charge in [-0.05, 0) is 66.6 Å². The maximum atomic E-state index is 6.44. The molecule has 0 fully saturated rings. The fraction of sp³-hybridized carbons (Fsp3) is 0.167. The minimum absolute atomic E-state index is 0.139. The quantitative estimate of drug-likeness (QED) is 0.613. The SMILES string of the molecule is COc1ccc(C(Cl)c2csc(Br)c2)cc1Br. The smallest absolute Gasteiger partial charge is 0.133 e. The van der Waals surface area contributed by atoms with Crippen LogP contribution < -0.4 is 4.74 Å². The highest BCUT2D eigenvalue weighted by Gasteiger charge is 2.14. The molecule has 0 amide bonds. The van der Waals surface area contributed by atoms with Crippen LogP contribution >= 0.6 is 54.8 Å². The van der Waals surface area contributed by atoms with Gasteiger partial charge in [-0.3, -0.25) is 0 Å². The molecule has 1 atom stereocenters. The maximum absolute atomic E-state index is 6.44. The van der Waals surface area contributed by atoms with Gasteiger partial charge >= 0.3 is 0 Å². The molecule has 1 heterocycles. The summed E-state index contributed by atoms with van der Waals surface area (Å²) in [7, 11) is 1.65. The molecule has 0 aliphatic heterocycles. The second-order valence-corrected chi connectivity index (χ2v) is 7.02. The Balaban J connectivity index is 2.31. The fourth-order valence-corrected chi connectivity index (χ4v) is 3.59. The number of rotatable bonds is 3. The fourth-order valence-electron chi connectivity index (χ4n) is 1.49. The molecule has 0 saturated carbocycles. The van der Waals surface area contributed by atoms with E-state index in [4.69, 9.17) is 16.3 Å². The maximum Gasteiger partial charge on any atom is 0.133 e. The van der Waals surface area contributed by atoms with E-state index in [0.717, 1.165) is 25.1 Å². The lowest BCUT2D eigenvalue weighted by molar-refractivity contribution is 0.412. The molecule has 0 radical (unpaired) electrons. The van der Waals surface area contributed by atoms with E-state index >= 15 is 0 Å². The van der Waals surface area contributed by atoms with Gasteiger partial charge in [-0.25, -0.2) is 0 Å². The third-order valence-electron chi connectivity index (χ3n) is 2.35. The molecule has 1 unspecified atom stereocenters. The monoisotopic (exact) mass is 394 g/mol. The summed E-state index contributed by atoms with van der Waals surface area (Å²) in [4.78, 5) is 0. The Morgan fingerprint density at radius 1 is 1.24 bits per heavy atom. The molecule has 0 aliphatic carbocycles. The second kappa shape index (κ2) is 5.74. The molecule has 1 aromatic carbocycles. The van der Waals surface area contributed by atoms with Crippen LogP contribution in [-0.2, 0) is 0 Å². The van der Waals surface area contributed by atoms with Crippen molar-refractivity contribution in [1.82, 2.24) is 0 Å². The van der Waals surface area contributed by atoms with Crippen LogP contribution in [0.1, 0.15) is 16.5 Å². The topological polar surface area (TPSA) is 9.23 Å². The van der Waals surface area contributed by atoms with E-state index in [1.54, 1.807) is 18.4 Å². The Morgan fingerprint density at radius 2 is 2.00 bits per heavy atom. The van der Waals surface area contributed by atoms with Crippen molar-refractivity contribution in [3.8, 4) is 5.75 Å². The molecule has 0 aliphatic rings. The first-order valence-electron chi connectivity index (χ1n) is 4.83. The Bertz CT molecular complexity index is 527. The van der Waals surface area contributed by atoms with Gasteiger partial charge in [0, 0.05) is 0 Å². The zero-order chi connectivity index (χ0) is 12.4. The molecule has 17 heavy (non-hydrogen) atoms. The van der Waals surface area contributed by atoms with Gasteiger partial charge in [0.05, 0.1) is 20.7 Å². The van der Waals surface area contributed by atoms with Crippen molar-refractivity contribution in [3.63, 3.8) is 0 Å². The number of thiophene rings is 1. The predicted molar refractivity (Wildman–Crippen MR) is 80.4 cm³/mol. The van der Waals surface area contributed by atoms with E-state index < -0.39 is 0 Å². The molecule has 0 spiro atoms. The zero-order valence-corrected chi connectivity index (χ0v) is 13.7. The van der Waals surface area contributed by atoms with E-state index in [1.165, 1.54) is 0 Å². The highest BCUT2D eigenvalue weighted by molar-refractivity contribution is 9.11. The first-order valence-corrected chi connectivity index (χ1v) is 7.73. The van der Waals surface area contributed by atoms with E-state index in [-0.39, 0.29) is 5.38 Å². The first-order chi connectivity index (χ1) is 8.11. The minimum atomic E-state index is -0.139. The molecular weight excluding hydrogens is 387 g/mol. The molecular formula is C12H9Br2ClOS. The van der Waals surface area contributed by atoms with E-state index in [1.807, 2.05) is 24.3 Å². The largest absolute Gasteiger partial charge is 0.496 e. The summed E-state index contributed by atoms with van der Waals surface area (Å²) in [5.41, 5.74) is 2.14. The minimum Gasteiger partial charge on any atom is -0.496 e. The summed E-state index contributed by atoms with van der Waals surface area (Å²) in [6, 6.07) is 7.92. The standard InChI is InChI=1S/C12H9Br2ClOS/c1-16-10-3-2-7(4-9(10)13)12(15)8-5-11(14)17-6-8/h2-6,12H,1H3. The lowest BCUT2D eigenvalue weighted by atomic mass is 10.1. The van der Waals surface area contributed by atoms with Crippen LogP contribution in [0.3, 0.4) is 0 Å². The van der Waals surface area contributed by atoms with Gasteiger partial charge in [-0.15, -0.1) is 22.9 Å². The molecule has 2 aromatic rings. The zero-order valence-electron chi connectivity index (χ0n) is 8.91. The van der Waals surface area contributed by atoms with E-state index in [2.05, 4.69) is 37.2 Å². The summed E-state index contributed by atoms with van der Waals surface area (Å²) in [5, 5.41) is 1.92. The molecule has 2 rings (SSSR count). The van der Waals surface area contributed by atoms with Crippen molar-refractivity contribution in [2.24, 2.45) is 0 Å². The van der Waals surface area contributed by atoms with Crippen molar-refractivity contribution in [2.75, 3.05) is 7.11 Å². The van der Waals surface area contributed by atoms with Gasteiger partial charge in [-0.2, -0.15) is 0 Å². The second-order valence-electron chi connectivity index (χ2n) is 3.44. The van der Waals surface area contributed by atoms with Crippen LogP contribution in [0.2, 0.25) is 0 Å². The normalized spacial score (nSPS) is 12.5. The Hall–Kier alpha value is -0.0300. The lowest BCUT2D eigenvalue weighted by Gasteiger charge is -2.10. The average Bonchev–Trinajstić information content (AvgIpc) is 2.75. The van der Waals surface area contributed by atoms with Crippen LogP contribution in [0, 0.1) is 0 Å². The Kier molecular flexibility index (Phi) is 4.53. The van der Waals surface area contributed by atoms with Crippen molar-refractivity contribution in [2.45, 2.75) is 5.38 Å². The average molecular weight is 397 g/mol. The molecule has 0 N–H and O–H groups in total. The molecule has 1 nitrogen and oxygen atoms in total. The van der Waals surface area contributed by atoms with Gasteiger partial charge in [0.2, 0.25) is 0 Å². The van der Waals surface area contributed by atoms with Gasteiger partial charge < -0.3 is 4.74 Å². The summed E-state index contributed by atoms with van der Waals surface area (Å²) in [6.45, 7) is 0. The summed E-state index contributed by atoms with van der Waals surface area (Å²) in [6.07, 6.45) is 0. The summed E-state index contributed by atoms with van der Waals surface area (Å²) < 4.78 is 7.20. The number of ether oxygens (including phenoxy) is 1. The molecule has 5 heteroatoms. The third kappa shape index (κ3) is 3.05. The van der Waals surface area contributed by atoms with Crippen LogP contribution in [-0.4, -0.2) is 7.11 Å². The van der Waals surface area contributed by atoms with E-state index in [0.29, 0.717) is 0 Å². The number of hydrogen-bond donors (Lipinski definition) is 0. The molecule has 90 valence electrons. The number of alkyl halides is 1. The van der Waals surface area contributed by atoms with Crippen LogP contribution in [0.4, 0.5) is 0 Å². The van der Waals surface area contributed by atoms with E-state index in [9.17, 15) is 0 Å². The number of benzene rings is 1. The Labute approximate surface area is 126 Å².